The van der Waals surface area contributed by atoms with Gasteiger partial charge in [-0.15, -0.1) is 32.9 Å². The molecule has 1 aromatic carbocycles. The van der Waals surface area contributed by atoms with E-state index in [0.717, 1.165) is 35.4 Å². The highest BCUT2D eigenvalue weighted by molar-refractivity contribution is 7.13. The maximum atomic E-state index is 13.7. The summed E-state index contributed by atoms with van der Waals surface area (Å²) >= 11 is 2.97. The lowest BCUT2D eigenvalue weighted by Gasteiger charge is -2.31. The van der Waals surface area contributed by atoms with Crippen LogP contribution in [0.25, 0.3) is 10.7 Å². The highest BCUT2D eigenvalue weighted by Crippen LogP contribution is 2.32. The molecule has 1 saturated carbocycles. The Hall–Kier alpha value is -3.37. The molecule has 3 aromatic heterocycles. The van der Waals surface area contributed by atoms with Crippen LogP contribution in [0.5, 0.6) is 0 Å². The first-order valence-corrected chi connectivity index (χ1v) is 13.0. The van der Waals surface area contributed by atoms with E-state index in [1.807, 2.05) is 65.4 Å². The second kappa shape index (κ2) is 10.3. The number of benzene rings is 1. The van der Waals surface area contributed by atoms with Gasteiger partial charge in [-0.25, -0.2) is 0 Å². The summed E-state index contributed by atoms with van der Waals surface area (Å²) < 4.78 is 0. The summed E-state index contributed by atoms with van der Waals surface area (Å²) in [5.41, 5.74) is 0.645. The van der Waals surface area contributed by atoms with Crippen molar-refractivity contribution >= 4 is 40.2 Å². The number of tetrazole rings is 1. The summed E-state index contributed by atoms with van der Waals surface area (Å²) in [6.07, 6.45) is 4.16. The van der Waals surface area contributed by atoms with Crippen LogP contribution in [0.15, 0.2) is 65.4 Å². The van der Waals surface area contributed by atoms with E-state index in [-0.39, 0.29) is 24.4 Å². The molecule has 1 atom stereocenters. The second-order valence-corrected chi connectivity index (χ2v) is 10.1. The maximum absolute atomic E-state index is 13.7. The highest BCUT2D eigenvalue weighted by Gasteiger charge is 2.35. The Balaban J connectivity index is 1.46. The molecule has 0 saturated heterocycles. The van der Waals surface area contributed by atoms with E-state index in [9.17, 15) is 9.59 Å². The predicted molar refractivity (Wildman–Crippen MR) is 133 cm³/mol. The van der Waals surface area contributed by atoms with Crippen LogP contribution in [0, 0.1) is 0 Å². The summed E-state index contributed by atoms with van der Waals surface area (Å²) in [5, 5.41) is 19.6. The van der Waals surface area contributed by atoms with E-state index in [4.69, 9.17) is 0 Å². The Morgan fingerprint density at radius 2 is 1.79 bits per heavy atom. The van der Waals surface area contributed by atoms with Gasteiger partial charge in [0.2, 0.25) is 11.7 Å². The predicted octanol–water partition coefficient (Wildman–Crippen LogP) is 4.30. The molecule has 8 nitrogen and oxygen atoms in total. The molecular weight excluding hydrogens is 468 g/mol. The molecule has 34 heavy (non-hydrogen) atoms. The van der Waals surface area contributed by atoms with E-state index in [2.05, 4.69) is 20.7 Å². The smallest absolute Gasteiger partial charge is 0.251 e. The van der Waals surface area contributed by atoms with Gasteiger partial charge in [-0.1, -0.05) is 43.2 Å². The Morgan fingerprint density at radius 3 is 2.50 bits per heavy atom. The molecule has 5 rings (SSSR count). The average molecular weight is 493 g/mol. The molecule has 1 fully saturated rings. The van der Waals surface area contributed by atoms with Crippen molar-refractivity contribution in [2.75, 3.05) is 4.90 Å². The Morgan fingerprint density at radius 1 is 1.03 bits per heavy atom. The molecule has 1 aliphatic rings. The molecule has 0 bridgehead atoms. The minimum atomic E-state index is -0.782. The van der Waals surface area contributed by atoms with Gasteiger partial charge >= 0.3 is 0 Å². The van der Waals surface area contributed by atoms with Gasteiger partial charge in [0.15, 0.2) is 0 Å². The third-order valence-corrected chi connectivity index (χ3v) is 7.59. The van der Waals surface area contributed by atoms with Crippen molar-refractivity contribution in [1.29, 1.82) is 0 Å². The largest absolute Gasteiger partial charge is 0.351 e. The van der Waals surface area contributed by atoms with Crippen LogP contribution in [0.3, 0.4) is 0 Å². The number of anilines is 1. The fraction of sp³-hybridized carbons (Fsp3) is 0.292. The number of aromatic nitrogens is 4. The monoisotopic (exact) mass is 492 g/mol. The summed E-state index contributed by atoms with van der Waals surface area (Å²) in [6.45, 7) is -0.133. The fourth-order valence-corrected chi connectivity index (χ4v) is 5.67. The van der Waals surface area contributed by atoms with Crippen LogP contribution in [-0.4, -0.2) is 38.1 Å². The molecular formula is C24H24N6O2S2. The van der Waals surface area contributed by atoms with Crippen molar-refractivity contribution in [1.82, 2.24) is 25.5 Å². The first kappa shape index (κ1) is 22.4. The number of para-hydroxylation sites is 1. The Bertz CT molecular complexity index is 1220. The van der Waals surface area contributed by atoms with Gasteiger partial charge in [0.25, 0.3) is 5.91 Å². The van der Waals surface area contributed by atoms with E-state index >= 15 is 0 Å². The van der Waals surface area contributed by atoms with Gasteiger partial charge in [-0.3, -0.25) is 14.5 Å². The van der Waals surface area contributed by atoms with Crippen molar-refractivity contribution < 1.29 is 9.59 Å². The van der Waals surface area contributed by atoms with Gasteiger partial charge in [-0.2, -0.15) is 4.80 Å². The standard InChI is InChI=1S/C24H24N6O2S2/c31-21(16-29-27-23(26-28-29)20-13-7-15-34-20)30(18-10-2-1-3-11-18)22(19-12-6-14-33-19)24(32)25-17-8-4-5-9-17/h1-3,6-7,10-15,17,22H,4-5,8-9,16H2,(H,25,32)/t22-/m0/s1. The molecule has 0 radical (unpaired) electrons. The number of rotatable bonds is 8. The number of amides is 2. The normalized spacial score (nSPS) is 14.7. The number of thiophene rings is 2. The number of nitrogens with one attached hydrogen (secondary N) is 1. The molecule has 1 N–H and O–H groups in total. The zero-order chi connectivity index (χ0) is 23.3. The minimum Gasteiger partial charge on any atom is -0.351 e. The lowest BCUT2D eigenvalue weighted by molar-refractivity contribution is -0.127. The summed E-state index contributed by atoms with van der Waals surface area (Å²) in [7, 11) is 0. The van der Waals surface area contributed by atoms with E-state index in [0.29, 0.717) is 11.5 Å². The molecule has 0 spiro atoms. The molecule has 0 unspecified atom stereocenters. The molecule has 2 amide bonds. The molecule has 10 heteroatoms. The molecule has 0 aliphatic heterocycles. The third-order valence-electron chi connectivity index (χ3n) is 5.79. The van der Waals surface area contributed by atoms with Crippen LogP contribution < -0.4 is 10.2 Å². The number of nitrogens with zero attached hydrogens (tertiary/aromatic N) is 5. The van der Waals surface area contributed by atoms with Crippen LogP contribution in [0.4, 0.5) is 5.69 Å². The fourth-order valence-electron chi connectivity index (χ4n) is 4.21. The second-order valence-electron chi connectivity index (χ2n) is 8.13. The molecule has 174 valence electrons. The number of hydrogen-bond acceptors (Lipinski definition) is 7. The molecule has 1 aliphatic carbocycles. The topological polar surface area (TPSA) is 93.0 Å². The van der Waals surface area contributed by atoms with Gasteiger partial charge in [0.1, 0.15) is 12.6 Å². The lowest BCUT2D eigenvalue weighted by atomic mass is 10.1. The van der Waals surface area contributed by atoms with Gasteiger partial charge in [-0.05, 0) is 53.1 Å². The lowest BCUT2D eigenvalue weighted by Crippen LogP contribution is -2.47. The maximum Gasteiger partial charge on any atom is 0.251 e. The van der Waals surface area contributed by atoms with Gasteiger partial charge in [0.05, 0.1) is 4.88 Å². The summed E-state index contributed by atoms with van der Waals surface area (Å²) in [4.78, 5) is 31.8. The minimum absolute atomic E-state index is 0.133. The van der Waals surface area contributed by atoms with Crippen LogP contribution in [0.2, 0.25) is 0 Å². The van der Waals surface area contributed by atoms with Crippen molar-refractivity contribution in [3.05, 3.63) is 70.2 Å². The summed E-state index contributed by atoms with van der Waals surface area (Å²) in [6, 6.07) is 16.3. The number of carbonyl (C=O) groups excluding carboxylic acids is 2. The number of hydrogen-bond donors (Lipinski definition) is 1. The summed E-state index contributed by atoms with van der Waals surface area (Å²) in [5.74, 6) is 0.0153. The third kappa shape index (κ3) is 4.92. The van der Waals surface area contributed by atoms with Gasteiger partial charge in [0, 0.05) is 16.6 Å². The number of carbonyl (C=O) groups is 2. The first-order chi connectivity index (χ1) is 16.7. The van der Waals surface area contributed by atoms with E-state index in [1.165, 1.54) is 27.5 Å². The van der Waals surface area contributed by atoms with E-state index in [1.54, 1.807) is 4.90 Å². The zero-order valence-electron chi connectivity index (χ0n) is 18.4. The van der Waals surface area contributed by atoms with Crippen LogP contribution in [0.1, 0.15) is 36.6 Å². The van der Waals surface area contributed by atoms with Crippen LogP contribution >= 0.6 is 22.7 Å². The van der Waals surface area contributed by atoms with Crippen molar-refractivity contribution in [3.63, 3.8) is 0 Å². The first-order valence-electron chi connectivity index (χ1n) is 11.2. The Kier molecular flexibility index (Phi) is 6.77. The zero-order valence-corrected chi connectivity index (χ0v) is 20.0. The molecule has 3 heterocycles. The van der Waals surface area contributed by atoms with Gasteiger partial charge < -0.3 is 5.32 Å². The quantitative estimate of drug-likeness (QED) is 0.396. The van der Waals surface area contributed by atoms with Crippen LogP contribution in [-0.2, 0) is 16.1 Å². The Labute approximate surface area is 205 Å². The van der Waals surface area contributed by atoms with Crippen molar-refractivity contribution in [3.8, 4) is 10.7 Å². The average Bonchev–Trinajstić information content (AvgIpc) is 3.65. The highest BCUT2D eigenvalue weighted by atomic mass is 32.1. The molecule has 4 aromatic rings. The SMILES string of the molecule is O=C(NC1CCCC1)[C@H](c1cccs1)N(C(=O)Cn1nnc(-c2cccs2)n1)c1ccccc1. The van der Waals surface area contributed by atoms with Crippen molar-refractivity contribution in [2.24, 2.45) is 0 Å². The van der Waals surface area contributed by atoms with Crippen molar-refractivity contribution in [2.45, 2.75) is 44.3 Å². The van der Waals surface area contributed by atoms with E-state index < -0.39 is 6.04 Å².